The van der Waals surface area contributed by atoms with Crippen LogP contribution in [0.1, 0.15) is 68.7 Å². The summed E-state index contributed by atoms with van der Waals surface area (Å²) in [5, 5.41) is 5.72. The molecule has 15 heteroatoms. The van der Waals surface area contributed by atoms with Gasteiger partial charge in [-0.05, 0) is 84.0 Å². The van der Waals surface area contributed by atoms with Gasteiger partial charge in [-0.15, -0.1) is 0 Å². The van der Waals surface area contributed by atoms with Gasteiger partial charge in [-0.25, -0.2) is 5.43 Å². The Hall–Kier alpha value is -6.65. The van der Waals surface area contributed by atoms with Crippen LogP contribution in [0.4, 0.5) is 28.4 Å². The lowest BCUT2D eigenvalue weighted by atomic mass is 10.1. The van der Waals surface area contributed by atoms with Crippen molar-refractivity contribution in [1.29, 1.82) is 0 Å². The lowest BCUT2D eigenvalue weighted by Crippen LogP contribution is -2.45. The van der Waals surface area contributed by atoms with Gasteiger partial charge in [0.2, 0.25) is 0 Å². The first-order valence-corrected chi connectivity index (χ1v) is 24.0. The summed E-state index contributed by atoms with van der Waals surface area (Å²) >= 11 is 0. The van der Waals surface area contributed by atoms with Gasteiger partial charge < -0.3 is 48.4 Å². The minimum Gasteiger partial charge on any atom is -0.493 e. The van der Waals surface area contributed by atoms with Crippen molar-refractivity contribution in [3.63, 3.8) is 0 Å². The number of fused-ring (bicyclic) bond motifs is 8. The molecule has 1 aliphatic carbocycles. The average molecular weight is 937 g/mol. The summed E-state index contributed by atoms with van der Waals surface area (Å²) in [4.78, 5) is 36.9. The lowest BCUT2D eigenvalue weighted by molar-refractivity contribution is 0.0261. The number of hydrazine groups is 1. The van der Waals surface area contributed by atoms with Crippen molar-refractivity contribution in [1.82, 2.24) is 5.43 Å². The highest BCUT2D eigenvalue weighted by molar-refractivity contribution is 6.15. The smallest absolute Gasteiger partial charge is 0.261 e. The minimum absolute atomic E-state index is 0.00155. The molecule has 15 nitrogen and oxygen atoms in total. The summed E-state index contributed by atoms with van der Waals surface area (Å²) in [6, 6.07) is 29.7. The molecule has 5 aromatic rings. The maximum Gasteiger partial charge on any atom is 0.261 e. The van der Waals surface area contributed by atoms with E-state index in [1.165, 1.54) is 18.4 Å². The minimum atomic E-state index is -0.179. The second-order valence-electron chi connectivity index (χ2n) is 18.0. The summed E-state index contributed by atoms with van der Waals surface area (Å²) in [5.74, 6) is 1.68. The summed E-state index contributed by atoms with van der Waals surface area (Å²) in [5.41, 5.74) is 12.9. The molecule has 4 heterocycles. The molecule has 360 valence electrons. The van der Waals surface area contributed by atoms with Crippen LogP contribution in [0.15, 0.2) is 96.0 Å². The Labute approximate surface area is 403 Å². The first-order valence-electron chi connectivity index (χ1n) is 24.0. The van der Waals surface area contributed by atoms with Crippen molar-refractivity contribution >= 4 is 46.5 Å². The number of amides is 2. The van der Waals surface area contributed by atoms with Gasteiger partial charge in [-0.3, -0.25) is 19.5 Å². The third-order valence-electron chi connectivity index (χ3n) is 13.6. The summed E-state index contributed by atoms with van der Waals surface area (Å²) in [7, 11) is 4.83. The Balaban J connectivity index is 0.923. The van der Waals surface area contributed by atoms with Crippen molar-refractivity contribution in [2.75, 3.05) is 87.6 Å². The third-order valence-corrected chi connectivity index (χ3v) is 13.6. The van der Waals surface area contributed by atoms with E-state index in [9.17, 15) is 9.59 Å². The van der Waals surface area contributed by atoms with Crippen LogP contribution in [0, 0.1) is 0 Å². The molecule has 2 atom stereocenters. The van der Waals surface area contributed by atoms with Crippen LogP contribution in [0.25, 0.3) is 0 Å². The number of nitrogens with zero attached hydrogens (tertiary/aromatic N) is 4. The highest BCUT2D eigenvalue weighted by Gasteiger charge is 2.39. The number of carbonyl (C=O) groups excluding carboxylic acids is 2. The number of methoxy groups -OCH3 is 3. The van der Waals surface area contributed by atoms with Crippen molar-refractivity contribution < 1.29 is 42.7 Å². The molecule has 0 radical (unpaired) electrons. The van der Waals surface area contributed by atoms with Crippen LogP contribution >= 0.6 is 0 Å². The van der Waals surface area contributed by atoms with Crippen LogP contribution in [0.2, 0.25) is 0 Å². The van der Waals surface area contributed by atoms with Gasteiger partial charge in [0, 0.05) is 55.8 Å². The molecular formula is C54H60N6O9. The largest absolute Gasteiger partial charge is 0.493 e. The lowest BCUT2D eigenvalue weighted by Gasteiger charge is -2.30. The summed E-state index contributed by atoms with van der Waals surface area (Å²) in [6.07, 6.45) is 7.85. The van der Waals surface area contributed by atoms with E-state index < -0.39 is 0 Å². The van der Waals surface area contributed by atoms with Gasteiger partial charge >= 0.3 is 0 Å². The number of para-hydroxylation sites is 2. The molecule has 2 N–H and O–H groups in total. The number of ether oxygens (including phenoxy) is 7. The van der Waals surface area contributed by atoms with Crippen LogP contribution in [0.5, 0.6) is 23.0 Å². The van der Waals surface area contributed by atoms with E-state index in [1.807, 2.05) is 58.5 Å². The fourth-order valence-corrected chi connectivity index (χ4v) is 10.2. The van der Waals surface area contributed by atoms with E-state index in [2.05, 4.69) is 46.1 Å². The second kappa shape index (κ2) is 20.9. The maximum absolute atomic E-state index is 14.2. The van der Waals surface area contributed by atoms with Crippen LogP contribution < -0.4 is 44.5 Å². The first kappa shape index (κ1) is 46.1. The van der Waals surface area contributed by atoms with Gasteiger partial charge in [0.05, 0.1) is 94.1 Å². The van der Waals surface area contributed by atoms with E-state index in [4.69, 9.17) is 38.2 Å². The van der Waals surface area contributed by atoms with Crippen LogP contribution in [-0.2, 0) is 40.3 Å². The number of hydrogen-bond acceptors (Lipinski definition) is 13. The van der Waals surface area contributed by atoms with Gasteiger partial charge in [0.25, 0.3) is 11.8 Å². The SMILES string of the molecule is COCCOCCOCCN(NC1CCCC1)c1cc(COc2cc3c(cc2OC)C(=O)N2c4ccccc4C[C@H]2C=N3)cc(COc2cc3c(cc2OC)C(=O)N2c4ccccc4C[C@H]2CN3)c1. The molecule has 0 aromatic heterocycles. The average Bonchev–Trinajstić information content (AvgIpc) is 4.09. The number of benzene rings is 5. The molecule has 0 spiro atoms. The zero-order valence-corrected chi connectivity index (χ0v) is 39.5. The van der Waals surface area contributed by atoms with Gasteiger partial charge in [-0.1, -0.05) is 49.2 Å². The predicted octanol–water partition coefficient (Wildman–Crippen LogP) is 8.08. The molecule has 4 aliphatic heterocycles. The van der Waals surface area contributed by atoms with Crippen molar-refractivity contribution in [2.45, 2.75) is 69.9 Å². The van der Waals surface area contributed by atoms with E-state index in [-0.39, 0.29) is 37.1 Å². The molecule has 5 aliphatic rings. The molecule has 0 bridgehead atoms. The number of anilines is 4. The fourth-order valence-electron chi connectivity index (χ4n) is 10.2. The highest BCUT2D eigenvalue weighted by Crippen LogP contribution is 2.43. The number of aliphatic imine (C=N–C) groups is 1. The second-order valence-corrected chi connectivity index (χ2v) is 18.0. The molecular weight excluding hydrogens is 877 g/mol. The monoisotopic (exact) mass is 936 g/mol. The van der Waals surface area contributed by atoms with Crippen molar-refractivity contribution in [3.8, 4) is 23.0 Å². The van der Waals surface area contributed by atoms with Crippen LogP contribution in [-0.4, -0.2) is 104 Å². The van der Waals surface area contributed by atoms with Crippen LogP contribution in [0.3, 0.4) is 0 Å². The zero-order chi connectivity index (χ0) is 47.3. The zero-order valence-electron chi connectivity index (χ0n) is 39.5. The van der Waals surface area contributed by atoms with Gasteiger partial charge in [-0.2, -0.15) is 0 Å². The van der Waals surface area contributed by atoms with E-state index in [0.717, 1.165) is 53.0 Å². The first-order chi connectivity index (χ1) is 33.9. The molecule has 0 unspecified atom stereocenters. The highest BCUT2D eigenvalue weighted by atomic mass is 16.5. The fraction of sp³-hybridized carbons (Fsp3) is 0.389. The third kappa shape index (κ3) is 9.82. The van der Waals surface area contributed by atoms with Crippen molar-refractivity contribution in [2.24, 2.45) is 4.99 Å². The Morgan fingerprint density at radius 3 is 2.01 bits per heavy atom. The Morgan fingerprint density at radius 1 is 0.681 bits per heavy atom. The summed E-state index contributed by atoms with van der Waals surface area (Å²) < 4.78 is 41.8. The van der Waals surface area contributed by atoms with Crippen molar-refractivity contribution in [3.05, 3.63) is 124 Å². The van der Waals surface area contributed by atoms with Gasteiger partial charge in [0.15, 0.2) is 23.0 Å². The Kier molecular flexibility index (Phi) is 14.0. The standard InChI is InChI=1S/C54H60N6O9/c1-63-18-19-67-21-20-66-17-16-58(57-39-12-6-7-13-39)40-23-35(33-68-51-29-45-43(27-49(51)64-2)53(61)59-41(31-55-45)25-37-10-4-8-14-47(37)59)22-36(24-40)34-69-52-30-46-44(28-50(52)65-3)54(62)60-42(32-56-46)26-38-11-5-9-15-48(38)60/h4-5,8-11,14-15,22-24,27-31,39,41-42,56-57H,6-7,12-13,16-21,25-26,32-34H2,1-3H3/t41-,42-/m0/s1. The van der Waals surface area contributed by atoms with E-state index in [1.54, 1.807) is 39.5 Å². The summed E-state index contributed by atoms with van der Waals surface area (Å²) in [6.45, 7) is 4.02. The van der Waals surface area contributed by atoms with E-state index in [0.29, 0.717) is 104 Å². The molecule has 5 aromatic carbocycles. The maximum atomic E-state index is 14.2. The topological polar surface area (TPSA) is 145 Å². The normalized spacial score (nSPS) is 17.8. The predicted molar refractivity (Wildman–Crippen MR) is 265 cm³/mol. The number of hydrogen-bond donors (Lipinski definition) is 2. The number of carbonyl (C=O) groups is 2. The number of nitrogens with one attached hydrogen (secondary N) is 2. The molecule has 1 fully saturated rings. The molecule has 2 amide bonds. The molecule has 0 saturated heterocycles. The molecule has 1 saturated carbocycles. The molecule has 69 heavy (non-hydrogen) atoms. The van der Waals surface area contributed by atoms with Gasteiger partial charge in [0.1, 0.15) is 13.2 Å². The van der Waals surface area contributed by atoms with E-state index >= 15 is 0 Å². The Bertz CT molecular complexity index is 2710. The number of rotatable bonds is 20. The molecule has 10 rings (SSSR count). The quantitative estimate of drug-likeness (QED) is 0.0575. The Morgan fingerprint density at radius 2 is 1.30 bits per heavy atom.